The van der Waals surface area contributed by atoms with Crippen molar-refractivity contribution in [2.24, 2.45) is 0 Å². The molecule has 1 atom stereocenters. The summed E-state index contributed by atoms with van der Waals surface area (Å²) in [5.74, 6) is 1.26. The molecule has 7 nitrogen and oxygen atoms in total. The summed E-state index contributed by atoms with van der Waals surface area (Å²) in [5.41, 5.74) is 2.53. The number of amides is 1. The van der Waals surface area contributed by atoms with Gasteiger partial charge in [-0.3, -0.25) is 9.48 Å². The van der Waals surface area contributed by atoms with E-state index >= 15 is 0 Å². The molecular weight excluding hydrogens is 344 g/mol. The Labute approximate surface area is 160 Å². The quantitative estimate of drug-likeness (QED) is 0.843. The Morgan fingerprint density at radius 3 is 2.74 bits per heavy atom. The number of aryl methyl sites for hydroxylation is 1. The van der Waals surface area contributed by atoms with Gasteiger partial charge in [0.15, 0.2) is 11.5 Å². The lowest BCUT2D eigenvalue weighted by Gasteiger charge is -2.23. The number of aromatic nitrogens is 2. The summed E-state index contributed by atoms with van der Waals surface area (Å²) >= 11 is 0. The van der Waals surface area contributed by atoms with E-state index in [0.717, 1.165) is 37.1 Å². The molecule has 0 bridgehead atoms. The second-order valence-corrected chi connectivity index (χ2v) is 6.98. The number of rotatable bonds is 6. The summed E-state index contributed by atoms with van der Waals surface area (Å²) in [5, 5.41) is 7.90. The maximum Gasteiger partial charge on any atom is 0.274 e. The molecule has 1 aliphatic rings. The number of benzene rings is 1. The molecule has 1 aromatic carbocycles. The molecule has 1 unspecified atom stereocenters. The fraction of sp³-hybridized carbons (Fsp3) is 0.500. The zero-order valence-corrected chi connectivity index (χ0v) is 16.5. The van der Waals surface area contributed by atoms with Crippen LogP contribution >= 0.6 is 0 Å². The van der Waals surface area contributed by atoms with Crippen LogP contribution in [0.15, 0.2) is 24.4 Å². The summed E-state index contributed by atoms with van der Waals surface area (Å²) < 4.78 is 12.6. The fourth-order valence-corrected chi connectivity index (χ4v) is 3.43. The van der Waals surface area contributed by atoms with E-state index in [-0.39, 0.29) is 5.91 Å². The first-order chi connectivity index (χ1) is 13.0. The van der Waals surface area contributed by atoms with Crippen LogP contribution in [-0.4, -0.2) is 54.9 Å². The molecule has 1 amide bonds. The van der Waals surface area contributed by atoms with Crippen LogP contribution in [0, 0.1) is 6.92 Å². The zero-order chi connectivity index (χ0) is 19.4. The van der Waals surface area contributed by atoms with Crippen LogP contribution in [0.2, 0.25) is 0 Å². The first kappa shape index (κ1) is 19.2. The van der Waals surface area contributed by atoms with Crippen molar-refractivity contribution < 1.29 is 14.3 Å². The van der Waals surface area contributed by atoms with Crippen LogP contribution in [0.5, 0.6) is 11.5 Å². The minimum atomic E-state index is -0.0910. The summed E-state index contributed by atoms with van der Waals surface area (Å²) in [4.78, 5) is 14.5. The number of carbonyl (C=O) groups excluding carboxylic acids is 1. The van der Waals surface area contributed by atoms with Gasteiger partial charge in [0.25, 0.3) is 5.91 Å². The van der Waals surface area contributed by atoms with Crippen molar-refractivity contribution in [1.82, 2.24) is 20.0 Å². The monoisotopic (exact) mass is 372 g/mol. The lowest BCUT2D eigenvalue weighted by atomic mass is 10.1. The van der Waals surface area contributed by atoms with Crippen molar-refractivity contribution in [3.05, 3.63) is 41.2 Å². The van der Waals surface area contributed by atoms with Crippen LogP contribution in [-0.2, 0) is 6.54 Å². The third-order valence-electron chi connectivity index (χ3n) is 5.07. The van der Waals surface area contributed by atoms with E-state index in [1.807, 2.05) is 29.9 Å². The Bertz CT molecular complexity index is 797. The topological polar surface area (TPSA) is 68.6 Å². The number of ether oxygens (including phenoxy) is 2. The number of hydrogen-bond acceptors (Lipinski definition) is 5. The minimum Gasteiger partial charge on any atom is -0.493 e. The van der Waals surface area contributed by atoms with Crippen molar-refractivity contribution in [2.45, 2.75) is 32.4 Å². The highest BCUT2D eigenvalue weighted by Gasteiger charge is 2.20. The number of carbonyl (C=O) groups is 1. The van der Waals surface area contributed by atoms with Gasteiger partial charge in [0.1, 0.15) is 5.69 Å². The van der Waals surface area contributed by atoms with Gasteiger partial charge in [-0.25, -0.2) is 0 Å². The molecular formula is C20H28N4O3. The van der Waals surface area contributed by atoms with Crippen LogP contribution in [0.25, 0.3) is 0 Å². The SMILES string of the molecule is COc1cc(C)c(CN(C)C(=O)c2ccn(C3CCCNC3)n2)cc1OC. The van der Waals surface area contributed by atoms with E-state index < -0.39 is 0 Å². The van der Waals surface area contributed by atoms with Crippen LogP contribution < -0.4 is 14.8 Å². The van der Waals surface area contributed by atoms with E-state index in [9.17, 15) is 4.79 Å². The van der Waals surface area contributed by atoms with Gasteiger partial charge in [-0.05, 0) is 55.6 Å². The molecule has 2 aromatic rings. The van der Waals surface area contributed by atoms with Crippen molar-refractivity contribution in [3.8, 4) is 11.5 Å². The Morgan fingerprint density at radius 1 is 1.33 bits per heavy atom. The second-order valence-electron chi connectivity index (χ2n) is 6.98. The van der Waals surface area contributed by atoms with Gasteiger partial charge in [0, 0.05) is 26.3 Å². The number of hydrogen-bond donors (Lipinski definition) is 1. The van der Waals surface area contributed by atoms with Gasteiger partial charge in [-0.15, -0.1) is 0 Å². The molecule has 1 fully saturated rings. The third kappa shape index (κ3) is 4.24. The maximum atomic E-state index is 12.8. The van der Waals surface area contributed by atoms with Crippen molar-refractivity contribution in [1.29, 1.82) is 0 Å². The van der Waals surface area contributed by atoms with E-state index in [1.165, 1.54) is 0 Å². The maximum absolute atomic E-state index is 12.8. The van der Waals surface area contributed by atoms with Crippen molar-refractivity contribution in [2.75, 3.05) is 34.4 Å². The van der Waals surface area contributed by atoms with Gasteiger partial charge in [-0.2, -0.15) is 5.10 Å². The number of methoxy groups -OCH3 is 2. The molecule has 0 spiro atoms. The summed E-state index contributed by atoms with van der Waals surface area (Å²) in [6.07, 6.45) is 4.12. The van der Waals surface area contributed by atoms with Crippen LogP contribution in [0.1, 0.15) is 40.5 Å². The van der Waals surface area contributed by atoms with Crippen molar-refractivity contribution >= 4 is 5.91 Å². The summed E-state index contributed by atoms with van der Waals surface area (Å²) in [6.45, 7) is 4.43. The van der Waals surface area contributed by atoms with Crippen molar-refractivity contribution in [3.63, 3.8) is 0 Å². The van der Waals surface area contributed by atoms with Gasteiger partial charge < -0.3 is 19.7 Å². The first-order valence-electron chi connectivity index (χ1n) is 9.26. The van der Waals surface area contributed by atoms with E-state index in [0.29, 0.717) is 29.8 Å². The largest absolute Gasteiger partial charge is 0.493 e. The fourth-order valence-electron chi connectivity index (χ4n) is 3.43. The molecule has 1 aliphatic heterocycles. The lowest BCUT2D eigenvalue weighted by molar-refractivity contribution is 0.0777. The molecule has 1 saturated heterocycles. The molecule has 0 saturated carbocycles. The molecule has 7 heteroatoms. The number of piperidine rings is 1. The average molecular weight is 372 g/mol. The molecule has 1 N–H and O–H groups in total. The molecule has 3 rings (SSSR count). The highest BCUT2D eigenvalue weighted by molar-refractivity contribution is 5.92. The van der Waals surface area contributed by atoms with Gasteiger partial charge in [-0.1, -0.05) is 0 Å². The standard InChI is InChI=1S/C20H28N4O3/c1-14-10-18(26-3)19(27-4)11-15(14)13-23(2)20(25)17-7-9-24(22-17)16-6-5-8-21-12-16/h7,9-11,16,21H,5-6,8,12-13H2,1-4H3. The Balaban J connectivity index is 1.72. The van der Waals surface area contributed by atoms with Crippen LogP contribution in [0.3, 0.4) is 0 Å². The molecule has 2 heterocycles. The van der Waals surface area contributed by atoms with Gasteiger partial charge in [0.05, 0.1) is 20.3 Å². The number of nitrogens with zero attached hydrogens (tertiary/aromatic N) is 3. The van der Waals surface area contributed by atoms with Gasteiger partial charge >= 0.3 is 0 Å². The lowest BCUT2D eigenvalue weighted by Crippen LogP contribution is -2.32. The second kappa shape index (κ2) is 8.43. The number of nitrogens with one attached hydrogen (secondary N) is 1. The average Bonchev–Trinajstić information content (AvgIpc) is 3.19. The summed E-state index contributed by atoms with van der Waals surface area (Å²) in [6, 6.07) is 5.97. The van der Waals surface area contributed by atoms with Gasteiger partial charge in [0.2, 0.25) is 0 Å². The highest BCUT2D eigenvalue weighted by atomic mass is 16.5. The third-order valence-corrected chi connectivity index (χ3v) is 5.07. The Morgan fingerprint density at radius 2 is 2.07 bits per heavy atom. The van der Waals surface area contributed by atoms with Crippen LogP contribution in [0.4, 0.5) is 0 Å². The molecule has 146 valence electrons. The first-order valence-corrected chi connectivity index (χ1v) is 9.26. The van der Waals surface area contributed by atoms with E-state index in [4.69, 9.17) is 9.47 Å². The predicted molar refractivity (Wildman–Crippen MR) is 103 cm³/mol. The smallest absolute Gasteiger partial charge is 0.274 e. The molecule has 0 radical (unpaired) electrons. The minimum absolute atomic E-state index is 0.0910. The highest BCUT2D eigenvalue weighted by Crippen LogP contribution is 2.30. The Kier molecular flexibility index (Phi) is 6.01. The van der Waals surface area contributed by atoms with E-state index in [2.05, 4.69) is 10.4 Å². The molecule has 1 aromatic heterocycles. The zero-order valence-electron chi connectivity index (χ0n) is 16.5. The van der Waals surface area contributed by atoms with E-state index in [1.54, 1.807) is 32.2 Å². The normalized spacial score (nSPS) is 16.8. The molecule has 27 heavy (non-hydrogen) atoms. The predicted octanol–water partition coefficient (Wildman–Crippen LogP) is 2.41. The Hall–Kier alpha value is -2.54. The molecule has 0 aliphatic carbocycles. The summed E-state index contributed by atoms with van der Waals surface area (Å²) in [7, 11) is 5.02.